The second kappa shape index (κ2) is 13.1. The molecule has 8 heteroatoms. The molecule has 2 aromatic carbocycles. The summed E-state index contributed by atoms with van der Waals surface area (Å²) in [5, 5.41) is 0. The lowest BCUT2D eigenvalue weighted by atomic mass is 9.88. The minimum atomic E-state index is -0.786. The van der Waals surface area contributed by atoms with E-state index < -0.39 is 11.7 Å². The summed E-state index contributed by atoms with van der Waals surface area (Å²) in [6.45, 7) is 7.80. The predicted molar refractivity (Wildman–Crippen MR) is 160 cm³/mol. The Labute approximate surface area is 242 Å². The van der Waals surface area contributed by atoms with Gasteiger partial charge in [-0.2, -0.15) is 0 Å². The first-order valence-electron chi connectivity index (χ1n) is 14.9. The summed E-state index contributed by atoms with van der Waals surface area (Å²) in [4.78, 5) is 21.4. The van der Waals surface area contributed by atoms with Crippen molar-refractivity contribution in [2.75, 3.05) is 19.6 Å². The van der Waals surface area contributed by atoms with E-state index >= 15 is 0 Å². The third-order valence-electron chi connectivity index (χ3n) is 8.63. The van der Waals surface area contributed by atoms with Crippen molar-refractivity contribution in [1.82, 2.24) is 14.8 Å². The fourth-order valence-electron chi connectivity index (χ4n) is 6.82. The number of hydrogen-bond acceptors (Lipinski definition) is 6. The third kappa shape index (κ3) is 6.94. The van der Waals surface area contributed by atoms with Gasteiger partial charge in [-0.05, 0) is 82.2 Å². The summed E-state index contributed by atoms with van der Waals surface area (Å²) in [5.41, 5.74) is 14.8. The van der Waals surface area contributed by atoms with Crippen LogP contribution in [0.25, 0.3) is 11.1 Å². The minimum absolute atomic E-state index is 0.00722. The SMILES string of the molecule is C[C@@H]1CN(CCCc2c(Oc3ncc(F)cc3C(N)=O)cccc2-c2ccccc2)C[C@H](C)N1C1CCC(N)CC1. The number of pyridine rings is 1. The fourth-order valence-corrected chi connectivity index (χ4v) is 6.82. The maximum atomic E-state index is 13.8. The average Bonchev–Trinajstić information content (AvgIpc) is 2.95. The van der Waals surface area contributed by atoms with Crippen molar-refractivity contribution < 1.29 is 13.9 Å². The van der Waals surface area contributed by atoms with Gasteiger partial charge >= 0.3 is 0 Å². The first kappa shape index (κ1) is 29.2. The van der Waals surface area contributed by atoms with Crippen LogP contribution in [0, 0.1) is 5.82 Å². The number of carbonyl (C=O) groups is 1. The molecule has 4 N–H and O–H groups in total. The highest BCUT2D eigenvalue weighted by Gasteiger charge is 2.35. The molecular formula is C33H42FN5O2. The van der Waals surface area contributed by atoms with Crippen LogP contribution in [-0.4, -0.2) is 64.5 Å². The van der Waals surface area contributed by atoms with Crippen molar-refractivity contribution in [3.05, 3.63) is 77.7 Å². The number of benzene rings is 2. The molecule has 1 saturated carbocycles. The Kier molecular flexibility index (Phi) is 9.32. The number of ether oxygens (including phenoxy) is 1. The van der Waals surface area contributed by atoms with Gasteiger partial charge < -0.3 is 21.1 Å². The van der Waals surface area contributed by atoms with Crippen molar-refractivity contribution in [2.45, 2.75) is 76.5 Å². The highest BCUT2D eigenvalue weighted by molar-refractivity contribution is 5.95. The van der Waals surface area contributed by atoms with Crippen molar-refractivity contribution >= 4 is 5.91 Å². The van der Waals surface area contributed by atoms with E-state index in [0.29, 0.717) is 29.9 Å². The topological polar surface area (TPSA) is 97.7 Å². The zero-order chi connectivity index (χ0) is 28.9. The number of carbonyl (C=O) groups excluding carboxylic acids is 1. The highest BCUT2D eigenvalue weighted by atomic mass is 19.1. The summed E-state index contributed by atoms with van der Waals surface area (Å²) in [7, 11) is 0. The molecule has 3 aromatic rings. The number of halogens is 1. The Hall–Kier alpha value is -3.33. The molecule has 7 nitrogen and oxygen atoms in total. The summed E-state index contributed by atoms with van der Waals surface area (Å²) >= 11 is 0. The molecule has 0 spiro atoms. The second-order valence-electron chi connectivity index (χ2n) is 11.7. The Balaban J connectivity index is 1.32. The number of hydrogen-bond donors (Lipinski definition) is 2. The first-order valence-corrected chi connectivity index (χ1v) is 14.9. The fraction of sp³-hybridized carbons (Fsp3) is 0.455. The van der Waals surface area contributed by atoms with Crippen molar-refractivity contribution in [3.8, 4) is 22.8 Å². The van der Waals surface area contributed by atoms with E-state index in [9.17, 15) is 9.18 Å². The zero-order valence-electron chi connectivity index (χ0n) is 24.1. The maximum Gasteiger partial charge on any atom is 0.254 e. The molecule has 1 aliphatic carbocycles. The molecule has 218 valence electrons. The van der Waals surface area contributed by atoms with Gasteiger partial charge in [-0.3, -0.25) is 9.69 Å². The van der Waals surface area contributed by atoms with E-state index in [4.69, 9.17) is 16.2 Å². The Morgan fingerprint density at radius 1 is 1.02 bits per heavy atom. The lowest BCUT2D eigenvalue weighted by Gasteiger charge is -2.49. The third-order valence-corrected chi connectivity index (χ3v) is 8.63. The van der Waals surface area contributed by atoms with Gasteiger partial charge in [0.25, 0.3) is 5.91 Å². The number of rotatable bonds is 9. The number of aromatic nitrogens is 1. The first-order chi connectivity index (χ1) is 19.8. The van der Waals surface area contributed by atoms with Crippen LogP contribution in [0.2, 0.25) is 0 Å². The normalized spacial score (nSPS) is 23.8. The molecule has 1 aliphatic heterocycles. The molecule has 0 bridgehead atoms. The van der Waals surface area contributed by atoms with Crippen LogP contribution in [0.3, 0.4) is 0 Å². The number of amides is 1. The summed E-state index contributed by atoms with van der Waals surface area (Å²) < 4.78 is 20.0. The summed E-state index contributed by atoms with van der Waals surface area (Å²) in [5.74, 6) is -0.825. The molecule has 0 radical (unpaired) electrons. The Morgan fingerprint density at radius 2 is 1.73 bits per heavy atom. The van der Waals surface area contributed by atoms with Crippen LogP contribution >= 0.6 is 0 Å². The molecule has 2 fully saturated rings. The van der Waals surface area contributed by atoms with Crippen molar-refractivity contribution in [1.29, 1.82) is 0 Å². The van der Waals surface area contributed by atoms with Gasteiger partial charge in [0, 0.05) is 42.8 Å². The van der Waals surface area contributed by atoms with Gasteiger partial charge in [-0.1, -0.05) is 42.5 Å². The molecule has 1 saturated heterocycles. The van der Waals surface area contributed by atoms with Gasteiger partial charge in [0.1, 0.15) is 17.1 Å². The van der Waals surface area contributed by atoms with Crippen LogP contribution in [-0.2, 0) is 6.42 Å². The van der Waals surface area contributed by atoms with Crippen LogP contribution < -0.4 is 16.2 Å². The van der Waals surface area contributed by atoms with Gasteiger partial charge in [-0.15, -0.1) is 0 Å². The zero-order valence-corrected chi connectivity index (χ0v) is 24.1. The van der Waals surface area contributed by atoms with Crippen LogP contribution in [0.15, 0.2) is 60.8 Å². The Bertz CT molecular complexity index is 1320. The predicted octanol–water partition coefficient (Wildman–Crippen LogP) is 5.38. The van der Waals surface area contributed by atoms with Crippen molar-refractivity contribution in [2.24, 2.45) is 11.5 Å². The van der Waals surface area contributed by atoms with Gasteiger partial charge in [0.05, 0.1) is 6.20 Å². The number of primary amides is 1. The van der Waals surface area contributed by atoms with E-state index in [2.05, 4.69) is 46.8 Å². The highest BCUT2D eigenvalue weighted by Crippen LogP contribution is 2.35. The van der Waals surface area contributed by atoms with Crippen molar-refractivity contribution in [3.63, 3.8) is 0 Å². The molecule has 5 rings (SSSR count). The number of nitrogens with zero attached hydrogens (tertiary/aromatic N) is 3. The van der Waals surface area contributed by atoms with E-state index in [1.165, 1.54) is 12.8 Å². The molecule has 1 amide bonds. The lowest BCUT2D eigenvalue weighted by Crippen LogP contribution is -2.60. The Morgan fingerprint density at radius 3 is 2.41 bits per heavy atom. The minimum Gasteiger partial charge on any atom is -0.438 e. The van der Waals surface area contributed by atoms with Gasteiger partial charge in [-0.25, -0.2) is 9.37 Å². The molecule has 41 heavy (non-hydrogen) atoms. The van der Waals surface area contributed by atoms with E-state index in [-0.39, 0.29) is 11.4 Å². The summed E-state index contributed by atoms with van der Waals surface area (Å²) in [6, 6.07) is 19.2. The molecule has 0 unspecified atom stereocenters. The maximum absolute atomic E-state index is 13.8. The van der Waals surface area contributed by atoms with Crippen LogP contribution in [0.4, 0.5) is 4.39 Å². The van der Waals surface area contributed by atoms with Crippen LogP contribution in [0.5, 0.6) is 11.6 Å². The summed E-state index contributed by atoms with van der Waals surface area (Å²) in [6.07, 6.45) is 7.42. The standard InChI is InChI=1S/C33H42FN5O2/c1-22-20-38(21-23(2)39(22)27-15-13-26(35)14-16-27)17-7-11-29-28(24-8-4-3-5-9-24)10-6-12-31(29)41-33-30(32(36)40)18-25(34)19-37-33/h3-6,8-10,12,18-19,22-23,26-27H,7,11,13-17,20-21,35H2,1-2H3,(H2,36,40)/t22-,23+,26?,27?. The quantitative estimate of drug-likeness (QED) is 0.366. The monoisotopic (exact) mass is 559 g/mol. The van der Waals surface area contributed by atoms with E-state index in [1.807, 2.05) is 30.3 Å². The largest absolute Gasteiger partial charge is 0.438 e. The molecule has 1 aromatic heterocycles. The van der Waals surface area contributed by atoms with Gasteiger partial charge in [0.15, 0.2) is 0 Å². The van der Waals surface area contributed by atoms with E-state index in [1.54, 1.807) is 0 Å². The second-order valence-corrected chi connectivity index (χ2v) is 11.7. The van der Waals surface area contributed by atoms with E-state index in [0.717, 1.165) is 74.3 Å². The van der Waals surface area contributed by atoms with Crippen LogP contribution in [0.1, 0.15) is 61.9 Å². The average molecular weight is 560 g/mol. The lowest BCUT2D eigenvalue weighted by molar-refractivity contribution is -0.00664. The molecule has 2 aliphatic rings. The molecule has 2 atom stereocenters. The van der Waals surface area contributed by atoms with Gasteiger partial charge in [0.2, 0.25) is 5.88 Å². The molecular weight excluding hydrogens is 517 g/mol. The number of nitrogens with two attached hydrogens (primary N) is 2. The number of piperazine rings is 1. The molecule has 2 heterocycles. The smallest absolute Gasteiger partial charge is 0.254 e.